The summed E-state index contributed by atoms with van der Waals surface area (Å²) in [5.41, 5.74) is -2.59. The van der Waals surface area contributed by atoms with Crippen molar-refractivity contribution in [2.75, 3.05) is 6.61 Å². The van der Waals surface area contributed by atoms with Crippen LogP contribution in [-0.4, -0.2) is 85.6 Å². The van der Waals surface area contributed by atoms with Crippen LogP contribution in [0.2, 0.25) is 0 Å². The zero-order valence-electron chi connectivity index (χ0n) is 12.9. The van der Waals surface area contributed by atoms with Gasteiger partial charge in [-0.1, -0.05) is 16.9 Å². The molecule has 1 heterocycles. The van der Waals surface area contributed by atoms with Crippen LogP contribution in [0.25, 0.3) is 0 Å². The highest BCUT2D eigenvalue weighted by atomic mass is 32.3. The van der Waals surface area contributed by atoms with Crippen molar-refractivity contribution in [3.05, 3.63) is 0 Å². The van der Waals surface area contributed by atoms with E-state index < -0.39 is 52.5 Å². The van der Waals surface area contributed by atoms with Gasteiger partial charge in [0.05, 0.1) is 12.2 Å². The third-order valence-corrected chi connectivity index (χ3v) is 4.29. The lowest BCUT2D eigenvalue weighted by atomic mass is 10.0. The van der Waals surface area contributed by atoms with Crippen LogP contribution in [-0.2, 0) is 19.4 Å². The lowest BCUT2D eigenvalue weighted by Gasteiger charge is -2.39. The number of nitrogens with zero attached hydrogens (tertiary/aromatic N) is 1. The summed E-state index contributed by atoms with van der Waals surface area (Å²) in [5.74, 6) is 0. The van der Waals surface area contributed by atoms with E-state index in [1.54, 1.807) is 0 Å². The Kier molecular flexibility index (Phi) is 7.40. The molecule has 13 heteroatoms. The number of ether oxygens (including phenoxy) is 1. The third-order valence-electron chi connectivity index (χ3n) is 2.92. The number of aliphatic hydroxyl groups is 5. The monoisotopic (exact) mass is 391 g/mol. The first-order valence-electron chi connectivity index (χ1n) is 6.76. The fourth-order valence-electron chi connectivity index (χ4n) is 1.85. The molecule has 0 spiro atoms. The molecule has 1 aliphatic rings. The quantitative estimate of drug-likeness (QED) is 0.125. The molecule has 0 bridgehead atoms. The minimum Gasteiger partial charge on any atom is -0.394 e. The Balaban J connectivity index is 2.95. The van der Waals surface area contributed by atoms with Gasteiger partial charge in [0.2, 0.25) is 0 Å². The van der Waals surface area contributed by atoms with Gasteiger partial charge in [-0.2, -0.15) is 8.42 Å². The summed E-state index contributed by atoms with van der Waals surface area (Å²) in [7, 11) is -4.88. The first-order valence-corrected chi connectivity index (χ1v) is 9.01. The molecule has 0 aliphatic carbocycles. The number of thioether (sulfide) groups is 1. The Morgan fingerprint density at radius 3 is 2.29 bits per heavy atom. The van der Waals surface area contributed by atoms with Crippen LogP contribution in [0.3, 0.4) is 0 Å². The van der Waals surface area contributed by atoms with E-state index in [1.165, 1.54) is 13.8 Å². The second kappa shape index (κ2) is 8.25. The predicted octanol–water partition coefficient (Wildman–Crippen LogP) is -2.19. The Morgan fingerprint density at radius 1 is 1.25 bits per heavy atom. The molecule has 0 aromatic carbocycles. The van der Waals surface area contributed by atoms with Crippen LogP contribution in [0.15, 0.2) is 5.16 Å². The predicted molar refractivity (Wildman–Crippen MR) is 82.3 cm³/mol. The third kappa shape index (κ3) is 6.78. The van der Waals surface area contributed by atoms with Crippen molar-refractivity contribution in [2.24, 2.45) is 5.16 Å². The van der Waals surface area contributed by atoms with Crippen LogP contribution in [0.4, 0.5) is 0 Å². The molecule has 0 saturated carbocycles. The average Bonchev–Trinajstić information content (AvgIpc) is 2.43. The fraction of sp³-hybridized carbons (Fsp3) is 0.909. The van der Waals surface area contributed by atoms with Gasteiger partial charge in [-0.15, -0.1) is 0 Å². The molecule has 0 amide bonds. The topological polar surface area (TPSA) is 186 Å². The van der Waals surface area contributed by atoms with E-state index in [0.29, 0.717) is 11.8 Å². The van der Waals surface area contributed by atoms with Gasteiger partial charge in [0.15, 0.2) is 0 Å². The Hall–Kier alpha value is -0.510. The highest BCUT2D eigenvalue weighted by Crippen LogP contribution is 2.31. The van der Waals surface area contributed by atoms with Crippen molar-refractivity contribution >= 4 is 27.2 Å². The van der Waals surface area contributed by atoms with E-state index in [4.69, 9.17) is 14.4 Å². The van der Waals surface area contributed by atoms with Gasteiger partial charge < -0.3 is 30.3 Å². The minimum absolute atomic E-state index is 0.176. The number of oxime groups is 1. The molecule has 1 saturated heterocycles. The van der Waals surface area contributed by atoms with E-state index in [2.05, 4.69) is 9.44 Å². The zero-order valence-corrected chi connectivity index (χ0v) is 14.5. The molecular weight excluding hydrogens is 370 g/mol. The second-order valence-electron chi connectivity index (χ2n) is 5.79. The number of hydrogen-bond acceptors (Lipinski definition) is 11. The van der Waals surface area contributed by atoms with Crippen LogP contribution < -0.4 is 0 Å². The van der Waals surface area contributed by atoms with Crippen LogP contribution in [0.5, 0.6) is 0 Å². The first kappa shape index (κ1) is 21.5. The maximum Gasteiger partial charge on any atom is 0.466 e. The van der Waals surface area contributed by atoms with Crippen molar-refractivity contribution in [3.63, 3.8) is 0 Å². The van der Waals surface area contributed by atoms with Crippen molar-refractivity contribution in [1.29, 1.82) is 0 Å². The Labute approximate surface area is 142 Å². The van der Waals surface area contributed by atoms with E-state index in [1.807, 2.05) is 0 Å². The standard InChI is InChI=1S/C11H21NO10S2/c1-11(2,17)3-6(12-22-24(18,19)20)23-10-9(16)8(15)7(14)5(4-13)21-10/h5,7-10,13-17H,3-4H2,1-2H3,(H,18,19,20)/b12-6-/t5-,7-,8+,9-,10+/m1/s1. The summed E-state index contributed by atoms with van der Waals surface area (Å²) in [6, 6.07) is 0. The van der Waals surface area contributed by atoms with Gasteiger partial charge in [-0.25, -0.2) is 4.28 Å². The molecule has 0 radical (unpaired) electrons. The largest absolute Gasteiger partial charge is 0.466 e. The van der Waals surface area contributed by atoms with Crippen molar-refractivity contribution < 1.29 is 47.5 Å². The zero-order chi connectivity index (χ0) is 18.7. The molecule has 1 aliphatic heterocycles. The van der Waals surface area contributed by atoms with E-state index in [0.717, 1.165) is 0 Å². The fourth-order valence-corrected chi connectivity index (χ4v) is 3.37. The first-order chi connectivity index (χ1) is 10.8. The number of rotatable bonds is 6. The summed E-state index contributed by atoms with van der Waals surface area (Å²) in [4.78, 5) is 0. The van der Waals surface area contributed by atoms with Gasteiger partial charge in [0.1, 0.15) is 34.9 Å². The SMILES string of the molecule is CC(C)(O)C/C(=N/OS(=O)(=O)O)S[C@@H]1O[C@H](CO)[C@@H](O)[C@H](O)[C@H]1O. The normalized spacial score (nSPS) is 32.7. The van der Waals surface area contributed by atoms with Crippen LogP contribution in [0, 0.1) is 0 Å². The maximum atomic E-state index is 10.6. The van der Waals surface area contributed by atoms with Gasteiger partial charge in [-0.05, 0) is 13.8 Å². The molecule has 24 heavy (non-hydrogen) atoms. The van der Waals surface area contributed by atoms with Crippen LogP contribution in [0.1, 0.15) is 20.3 Å². The molecule has 0 unspecified atom stereocenters. The summed E-state index contributed by atoms with van der Waals surface area (Å²) in [6.07, 6.45) is -6.16. The van der Waals surface area contributed by atoms with Gasteiger partial charge in [0, 0.05) is 6.42 Å². The van der Waals surface area contributed by atoms with Crippen molar-refractivity contribution in [3.8, 4) is 0 Å². The summed E-state index contributed by atoms with van der Waals surface area (Å²) >= 11 is 0.601. The molecule has 142 valence electrons. The average molecular weight is 391 g/mol. The highest BCUT2D eigenvalue weighted by molar-refractivity contribution is 8.14. The minimum atomic E-state index is -4.88. The maximum absolute atomic E-state index is 10.6. The van der Waals surface area contributed by atoms with E-state index in [9.17, 15) is 28.8 Å². The molecule has 6 N–H and O–H groups in total. The van der Waals surface area contributed by atoms with E-state index in [-0.39, 0.29) is 11.5 Å². The van der Waals surface area contributed by atoms with Crippen molar-refractivity contribution in [1.82, 2.24) is 0 Å². The Bertz CT molecular complexity index is 543. The lowest BCUT2D eigenvalue weighted by Crippen LogP contribution is -2.57. The molecule has 11 nitrogen and oxygen atoms in total. The molecule has 1 fully saturated rings. The van der Waals surface area contributed by atoms with Crippen molar-refractivity contribution in [2.45, 2.75) is 55.7 Å². The summed E-state index contributed by atoms with van der Waals surface area (Å²) < 4.78 is 38.9. The summed E-state index contributed by atoms with van der Waals surface area (Å²) in [5, 5.41) is 51.3. The van der Waals surface area contributed by atoms with Gasteiger partial charge >= 0.3 is 10.4 Å². The highest BCUT2D eigenvalue weighted by Gasteiger charge is 2.44. The molecule has 0 aromatic rings. The van der Waals surface area contributed by atoms with Gasteiger partial charge in [0.25, 0.3) is 0 Å². The lowest BCUT2D eigenvalue weighted by molar-refractivity contribution is -0.205. The number of aliphatic hydroxyl groups excluding tert-OH is 4. The Morgan fingerprint density at radius 2 is 1.83 bits per heavy atom. The van der Waals surface area contributed by atoms with Crippen LogP contribution >= 0.6 is 11.8 Å². The summed E-state index contributed by atoms with van der Waals surface area (Å²) in [6.45, 7) is 2.15. The molecule has 5 atom stereocenters. The molecule has 1 rings (SSSR count). The number of hydrogen-bond donors (Lipinski definition) is 6. The van der Waals surface area contributed by atoms with Gasteiger partial charge in [-0.3, -0.25) is 4.55 Å². The second-order valence-corrected chi connectivity index (χ2v) is 7.97. The molecular formula is C11H21NO10S2. The van der Waals surface area contributed by atoms with E-state index >= 15 is 0 Å². The molecule has 0 aromatic heterocycles. The smallest absolute Gasteiger partial charge is 0.394 e.